The van der Waals surface area contributed by atoms with Crippen LogP contribution in [0.15, 0.2) is 24.4 Å². The number of rotatable bonds is 3. The van der Waals surface area contributed by atoms with Crippen molar-refractivity contribution in [2.24, 2.45) is 0 Å². The van der Waals surface area contributed by atoms with E-state index in [1.807, 2.05) is 24.4 Å². The molecule has 114 valence electrons. The first-order valence-corrected chi connectivity index (χ1v) is 8.45. The van der Waals surface area contributed by atoms with Crippen molar-refractivity contribution in [3.05, 3.63) is 57.1 Å². The number of halogens is 2. The van der Waals surface area contributed by atoms with Gasteiger partial charge in [-0.3, -0.25) is 4.90 Å². The van der Waals surface area contributed by atoms with Crippen LogP contribution in [-0.2, 0) is 19.5 Å². The molecule has 2 aliphatic rings. The summed E-state index contributed by atoms with van der Waals surface area (Å²) in [5.74, 6) is 1.68. The second kappa shape index (κ2) is 5.80. The van der Waals surface area contributed by atoms with Crippen LogP contribution in [0.5, 0.6) is 0 Å². The van der Waals surface area contributed by atoms with Crippen molar-refractivity contribution in [2.45, 2.75) is 38.3 Å². The van der Waals surface area contributed by atoms with Gasteiger partial charge in [-0.2, -0.15) is 0 Å². The molecule has 1 aromatic heterocycles. The van der Waals surface area contributed by atoms with Gasteiger partial charge < -0.3 is 0 Å². The highest BCUT2D eigenvalue weighted by Crippen LogP contribution is 2.38. The number of fused-ring (bicyclic) bond motifs is 1. The third kappa shape index (κ3) is 2.98. The number of nitrogens with zero attached hydrogens (tertiary/aromatic N) is 3. The van der Waals surface area contributed by atoms with Crippen LogP contribution in [0.1, 0.15) is 41.4 Å². The smallest absolute Gasteiger partial charge is 0.131 e. The molecule has 1 aliphatic carbocycles. The van der Waals surface area contributed by atoms with Crippen LogP contribution in [-0.4, -0.2) is 21.4 Å². The third-order valence-corrected chi connectivity index (χ3v) is 5.10. The van der Waals surface area contributed by atoms with Gasteiger partial charge in [-0.15, -0.1) is 0 Å². The molecule has 2 heterocycles. The molecule has 0 N–H and O–H groups in total. The van der Waals surface area contributed by atoms with Gasteiger partial charge in [0.15, 0.2) is 0 Å². The Hall–Kier alpha value is -1.16. The van der Waals surface area contributed by atoms with Crippen LogP contribution >= 0.6 is 23.2 Å². The monoisotopic (exact) mass is 333 g/mol. The Morgan fingerprint density at radius 3 is 2.82 bits per heavy atom. The van der Waals surface area contributed by atoms with E-state index >= 15 is 0 Å². The molecular formula is C17H17Cl2N3. The van der Waals surface area contributed by atoms with Gasteiger partial charge in [0, 0.05) is 49.4 Å². The Kier molecular flexibility index (Phi) is 3.81. The Labute approximate surface area is 140 Å². The zero-order chi connectivity index (χ0) is 15.1. The van der Waals surface area contributed by atoms with Gasteiger partial charge in [-0.1, -0.05) is 29.3 Å². The first kappa shape index (κ1) is 14.4. The number of benzene rings is 1. The van der Waals surface area contributed by atoms with E-state index in [0.29, 0.717) is 16.0 Å². The van der Waals surface area contributed by atoms with Crippen molar-refractivity contribution in [1.29, 1.82) is 0 Å². The van der Waals surface area contributed by atoms with Crippen molar-refractivity contribution < 1.29 is 0 Å². The third-order valence-electron chi connectivity index (χ3n) is 4.36. The predicted molar refractivity (Wildman–Crippen MR) is 88.3 cm³/mol. The molecule has 0 amide bonds. The van der Waals surface area contributed by atoms with Crippen LogP contribution in [0.2, 0.25) is 10.0 Å². The molecule has 0 saturated heterocycles. The van der Waals surface area contributed by atoms with Crippen LogP contribution in [0.4, 0.5) is 0 Å². The fourth-order valence-corrected chi connectivity index (χ4v) is 3.28. The lowest BCUT2D eigenvalue weighted by Crippen LogP contribution is -2.31. The number of aromatic nitrogens is 2. The van der Waals surface area contributed by atoms with E-state index in [2.05, 4.69) is 9.88 Å². The van der Waals surface area contributed by atoms with Crippen molar-refractivity contribution in [3.8, 4) is 0 Å². The average molecular weight is 334 g/mol. The summed E-state index contributed by atoms with van der Waals surface area (Å²) in [6.45, 7) is 2.80. The van der Waals surface area contributed by atoms with Crippen molar-refractivity contribution in [3.63, 3.8) is 0 Å². The summed E-state index contributed by atoms with van der Waals surface area (Å²) in [4.78, 5) is 11.7. The van der Waals surface area contributed by atoms with Crippen LogP contribution < -0.4 is 0 Å². The van der Waals surface area contributed by atoms with Gasteiger partial charge in [0.1, 0.15) is 5.82 Å². The molecule has 22 heavy (non-hydrogen) atoms. The first-order valence-electron chi connectivity index (χ1n) is 7.70. The number of hydrogen-bond donors (Lipinski definition) is 0. The molecule has 0 unspecified atom stereocenters. The maximum absolute atomic E-state index is 6.10. The van der Waals surface area contributed by atoms with Gasteiger partial charge in [-0.25, -0.2) is 9.97 Å². The quantitative estimate of drug-likeness (QED) is 0.842. The summed E-state index contributed by atoms with van der Waals surface area (Å²) in [5, 5.41) is 1.23. The Morgan fingerprint density at radius 1 is 1.18 bits per heavy atom. The molecule has 0 spiro atoms. The Bertz CT molecular complexity index is 713. The lowest BCUT2D eigenvalue weighted by atomic mass is 10.1. The topological polar surface area (TPSA) is 29.0 Å². The Morgan fingerprint density at radius 2 is 2.05 bits per heavy atom. The van der Waals surface area contributed by atoms with E-state index in [4.69, 9.17) is 28.2 Å². The maximum atomic E-state index is 6.10. The van der Waals surface area contributed by atoms with Crippen molar-refractivity contribution in [2.75, 3.05) is 6.54 Å². The Balaban J connectivity index is 1.48. The number of hydrogen-bond acceptors (Lipinski definition) is 3. The fraction of sp³-hybridized carbons (Fsp3) is 0.412. The van der Waals surface area contributed by atoms with Gasteiger partial charge in [0.25, 0.3) is 0 Å². The molecule has 1 aromatic carbocycles. The van der Waals surface area contributed by atoms with E-state index in [9.17, 15) is 0 Å². The van der Waals surface area contributed by atoms with Gasteiger partial charge >= 0.3 is 0 Å². The standard InChI is InChI=1S/C17H17Cl2N3/c18-14-4-1-11(7-15(14)19)9-22-6-5-16-13(10-22)8-20-17(21-16)12-2-3-12/h1,4,7-8,12H,2-3,5-6,9-10H2. The van der Waals surface area contributed by atoms with Crippen molar-refractivity contribution in [1.82, 2.24) is 14.9 Å². The summed E-state index contributed by atoms with van der Waals surface area (Å²) >= 11 is 12.1. The lowest BCUT2D eigenvalue weighted by molar-refractivity contribution is 0.242. The molecule has 1 saturated carbocycles. The minimum Gasteiger partial charge on any atom is -0.294 e. The zero-order valence-corrected chi connectivity index (χ0v) is 13.7. The molecule has 0 atom stereocenters. The summed E-state index contributed by atoms with van der Waals surface area (Å²) in [6, 6.07) is 5.85. The molecule has 1 aliphatic heterocycles. The minimum atomic E-state index is 0.607. The fourth-order valence-electron chi connectivity index (χ4n) is 2.96. The van der Waals surface area contributed by atoms with E-state index < -0.39 is 0 Å². The minimum absolute atomic E-state index is 0.607. The lowest BCUT2D eigenvalue weighted by Gasteiger charge is -2.28. The molecule has 3 nitrogen and oxygen atoms in total. The second-order valence-electron chi connectivity index (χ2n) is 6.18. The average Bonchev–Trinajstić information content (AvgIpc) is 3.35. The highest BCUT2D eigenvalue weighted by atomic mass is 35.5. The molecule has 5 heteroatoms. The van der Waals surface area contributed by atoms with E-state index in [-0.39, 0.29) is 0 Å². The summed E-state index contributed by atoms with van der Waals surface area (Å²) < 4.78 is 0. The van der Waals surface area contributed by atoms with Gasteiger partial charge in [0.2, 0.25) is 0 Å². The van der Waals surface area contributed by atoms with Gasteiger partial charge in [-0.05, 0) is 30.5 Å². The van der Waals surface area contributed by atoms with E-state index in [1.54, 1.807) is 0 Å². The maximum Gasteiger partial charge on any atom is 0.131 e. The molecule has 1 fully saturated rings. The summed E-state index contributed by atoms with van der Waals surface area (Å²) in [7, 11) is 0. The largest absolute Gasteiger partial charge is 0.294 e. The normalized spacial score (nSPS) is 18.3. The summed E-state index contributed by atoms with van der Waals surface area (Å²) in [5.41, 5.74) is 3.69. The molecule has 2 aromatic rings. The molecule has 4 rings (SSSR count). The first-order chi connectivity index (χ1) is 10.7. The van der Waals surface area contributed by atoms with Crippen LogP contribution in [0.25, 0.3) is 0 Å². The second-order valence-corrected chi connectivity index (χ2v) is 7.00. The van der Waals surface area contributed by atoms with Crippen molar-refractivity contribution >= 4 is 23.2 Å². The highest BCUT2D eigenvalue weighted by molar-refractivity contribution is 6.42. The molecular weight excluding hydrogens is 317 g/mol. The predicted octanol–water partition coefficient (Wildman–Crippen LogP) is 4.22. The SMILES string of the molecule is Clc1ccc(CN2CCc3nc(C4CC4)ncc3C2)cc1Cl. The van der Waals surface area contributed by atoms with Crippen LogP contribution in [0, 0.1) is 0 Å². The molecule has 0 bridgehead atoms. The van der Waals surface area contributed by atoms with E-state index in [0.717, 1.165) is 31.9 Å². The zero-order valence-electron chi connectivity index (χ0n) is 12.2. The van der Waals surface area contributed by atoms with E-state index in [1.165, 1.54) is 29.7 Å². The van der Waals surface area contributed by atoms with Gasteiger partial charge in [0.05, 0.1) is 10.0 Å². The van der Waals surface area contributed by atoms with Crippen LogP contribution in [0.3, 0.4) is 0 Å². The summed E-state index contributed by atoms with van der Waals surface area (Å²) in [6.07, 6.45) is 5.53. The highest BCUT2D eigenvalue weighted by Gasteiger charge is 2.28. The molecule has 0 radical (unpaired) electrons.